The van der Waals surface area contributed by atoms with Gasteiger partial charge in [0.25, 0.3) is 0 Å². The summed E-state index contributed by atoms with van der Waals surface area (Å²) >= 11 is 1.75. The summed E-state index contributed by atoms with van der Waals surface area (Å²) in [5, 5.41) is 3.37. The molecular formula is C14H26N4S. The summed E-state index contributed by atoms with van der Waals surface area (Å²) in [6.45, 7) is 10.9. The van der Waals surface area contributed by atoms with E-state index >= 15 is 0 Å². The second kappa shape index (κ2) is 7.33. The fraction of sp³-hybridized carbons (Fsp3) is 0.786. The van der Waals surface area contributed by atoms with E-state index in [-0.39, 0.29) is 0 Å². The van der Waals surface area contributed by atoms with Gasteiger partial charge < -0.3 is 5.73 Å². The summed E-state index contributed by atoms with van der Waals surface area (Å²) in [6.07, 6.45) is 2.20. The molecule has 0 saturated carbocycles. The van der Waals surface area contributed by atoms with Crippen molar-refractivity contribution in [1.82, 2.24) is 14.8 Å². The fourth-order valence-corrected chi connectivity index (χ4v) is 3.69. The van der Waals surface area contributed by atoms with Crippen LogP contribution in [0.5, 0.6) is 0 Å². The zero-order valence-corrected chi connectivity index (χ0v) is 13.0. The maximum absolute atomic E-state index is 5.57. The van der Waals surface area contributed by atoms with Gasteiger partial charge in [-0.05, 0) is 26.1 Å². The Morgan fingerprint density at radius 2 is 2.26 bits per heavy atom. The third-order valence-electron chi connectivity index (χ3n) is 3.92. The molecule has 1 aliphatic rings. The SMILES string of the molecule is CCN(CC)C1CCN(Cc2csc(CCN)n2)C1. The Morgan fingerprint density at radius 1 is 1.47 bits per heavy atom. The van der Waals surface area contributed by atoms with Crippen LogP contribution in [0.3, 0.4) is 0 Å². The minimum atomic E-state index is 0.695. The van der Waals surface area contributed by atoms with Crippen molar-refractivity contribution in [1.29, 1.82) is 0 Å². The molecule has 1 atom stereocenters. The molecule has 1 fully saturated rings. The molecule has 0 aromatic carbocycles. The van der Waals surface area contributed by atoms with E-state index in [0.717, 1.165) is 32.1 Å². The molecule has 5 heteroatoms. The van der Waals surface area contributed by atoms with Crippen molar-refractivity contribution >= 4 is 11.3 Å². The molecule has 19 heavy (non-hydrogen) atoms. The lowest BCUT2D eigenvalue weighted by atomic mass is 10.2. The maximum atomic E-state index is 5.57. The Balaban J connectivity index is 1.83. The standard InChI is InChI=1S/C14H26N4S/c1-3-18(4-2)13-6-8-17(10-13)9-12-11-19-14(16-12)5-7-15/h11,13H,3-10,15H2,1-2H3. The summed E-state index contributed by atoms with van der Waals surface area (Å²) < 4.78 is 0. The maximum Gasteiger partial charge on any atom is 0.0941 e. The fourth-order valence-electron chi connectivity index (χ4n) is 2.88. The molecule has 0 bridgehead atoms. The minimum absolute atomic E-state index is 0.695. The van der Waals surface area contributed by atoms with Crippen LogP contribution in [0.25, 0.3) is 0 Å². The van der Waals surface area contributed by atoms with Crippen molar-refractivity contribution in [2.45, 2.75) is 39.3 Å². The van der Waals surface area contributed by atoms with Gasteiger partial charge in [-0.2, -0.15) is 0 Å². The van der Waals surface area contributed by atoms with Gasteiger partial charge in [0.1, 0.15) is 0 Å². The van der Waals surface area contributed by atoms with Crippen molar-refractivity contribution in [2.75, 3.05) is 32.7 Å². The molecule has 2 heterocycles. The summed E-state index contributed by atoms with van der Waals surface area (Å²) in [7, 11) is 0. The third kappa shape index (κ3) is 3.99. The number of nitrogens with two attached hydrogens (primary N) is 1. The van der Waals surface area contributed by atoms with Crippen LogP contribution in [0, 0.1) is 0 Å². The zero-order chi connectivity index (χ0) is 13.7. The van der Waals surface area contributed by atoms with E-state index in [1.165, 1.54) is 30.2 Å². The van der Waals surface area contributed by atoms with Crippen LogP contribution in [-0.2, 0) is 13.0 Å². The van der Waals surface area contributed by atoms with E-state index in [2.05, 4.69) is 34.0 Å². The quantitative estimate of drug-likeness (QED) is 0.824. The number of aromatic nitrogens is 1. The van der Waals surface area contributed by atoms with Gasteiger partial charge in [-0.1, -0.05) is 13.8 Å². The van der Waals surface area contributed by atoms with Gasteiger partial charge in [0, 0.05) is 37.5 Å². The lowest BCUT2D eigenvalue weighted by Gasteiger charge is -2.26. The smallest absolute Gasteiger partial charge is 0.0941 e. The summed E-state index contributed by atoms with van der Waals surface area (Å²) in [6, 6.07) is 0.733. The van der Waals surface area contributed by atoms with Crippen molar-refractivity contribution in [2.24, 2.45) is 5.73 Å². The number of thiazole rings is 1. The van der Waals surface area contributed by atoms with E-state index in [4.69, 9.17) is 5.73 Å². The highest BCUT2D eigenvalue weighted by molar-refractivity contribution is 7.09. The molecule has 2 N–H and O–H groups in total. The average molecular weight is 282 g/mol. The first-order valence-electron chi connectivity index (χ1n) is 7.36. The molecule has 0 aliphatic carbocycles. The molecule has 1 aromatic heterocycles. The topological polar surface area (TPSA) is 45.4 Å². The molecule has 1 aromatic rings. The molecule has 1 saturated heterocycles. The highest BCUT2D eigenvalue weighted by Crippen LogP contribution is 2.19. The molecule has 1 aliphatic heterocycles. The van der Waals surface area contributed by atoms with Gasteiger partial charge in [0.2, 0.25) is 0 Å². The monoisotopic (exact) mass is 282 g/mol. The second-order valence-corrected chi connectivity index (χ2v) is 6.11. The predicted molar refractivity (Wildman–Crippen MR) is 81.5 cm³/mol. The zero-order valence-electron chi connectivity index (χ0n) is 12.1. The van der Waals surface area contributed by atoms with Crippen LogP contribution in [0.1, 0.15) is 31.0 Å². The van der Waals surface area contributed by atoms with Crippen molar-refractivity contribution in [3.63, 3.8) is 0 Å². The normalized spacial score (nSPS) is 20.5. The highest BCUT2D eigenvalue weighted by Gasteiger charge is 2.26. The summed E-state index contributed by atoms with van der Waals surface area (Å²) in [4.78, 5) is 9.76. The van der Waals surface area contributed by atoms with Crippen LogP contribution < -0.4 is 5.73 Å². The third-order valence-corrected chi connectivity index (χ3v) is 4.88. The molecule has 108 valence electrons. The first kappa shape index (κ1) is 14.9. The van der Waals surface area contributed by atoms with E-state index in [9.17, 15) is 0 Å². The van der Waals surface area contributed by atoms with Gasteiger partial charge in [-0.25, -0.2) is 4.98 Å². The first-order valence-corrected chi connectivity index (χ1v) is 8.24. The summed E-state index contributed by atoms with van der Waals surface area (Å²) in [5.41, 5.74) is 6.78. The molecule has 0 spiro atoms. The molecule has 1 unspecified atom stereocenters. The predicted octanol–water partition coefficient (Wildman–Crippen LogP) is 1.56. The molecule has 0 amide bonds. The Hall–Kier alpha value is -0.490. The number of hydrogen-bond acceptors (Lipinski definition) is 5. The van der Waals surface area contributed by atoms with Crippen LogP contribution >= 0.6 is 11.3 Å². The lowest BCUT2D eigenvalue weighted by Crippen LogP contribution is -2.37. The Bertz CT molecular complexity index is 375. The van der Waals surface area contributed by atoms with Gasteiger partial charge >= 0.3 is 0 Å². The van der Waals surface area contributed by atoms with Crippen LogP contribution in [-0.4, -0.2) is 53.5 Å². The Kier molecular flexibility index (Phi) is 5.76. The first-order chi connectivity index (χ1) is 9.26. The highest BCUT2D eigenvalue weighted by atomic mass is 32.1. The Morgan fingerprint density at radius 3 is 2.95 bits per heavy atom. The molecule has 2 rings (SSSR count). The van der Waals surface area contributed by atoms with Crippen LogP contribution in [0.4, 0.5) is 0 Å². The van der Waals surface area contributed by atoms with Gasteiger partial charge in [-0.15, -0.1) is 11.3 Å². The molecule has 0 radical (unpaired) electrons. The van der Waals surface area contributed by atoms with Gasteiger partial charge in [0.05, 0.1) is 10.7 Å². The largest absolute Gasteiger partial charge is 0.330 e. The number of hydrogen-bond donors (Lipinski definition) is 1. The Labute approximate surface area is 120 Å². The van der Waals surface area contributed by atoms with Gasteiger partial charge in [-0.3, -0.25) is 9.80 Å². The van der Waals surface area contributed by atoms with Gasteiger partial charge in [0.15, 0.2) is 0 Å². The molecular weight excluding hydrogens is 256 g/mol. The second-order valence-electron chi connectivity index (χ2n) is 5.17. The number of rotatable bonds is 7. The number of likely N-dealkylation sites (N-methyl/N-ethyl adjacent to an activating group) is 1. The van der Waals surface area contributed by atoms with E-state index < -0.39 is 0 Å². The van der Waals surface area contributed by atoms with E-state index in [1.54, 1.807) is 11.3 Å². The number of nitrogens with zero attached hydrogens (tertiary/aromatic N) is 3. The lowest BCUT2D eigenvalue weighted by molar-refractivity contribution is 0.208. The summed E-state index contributed by atoms with van der Waals surface area (Å²) in [5.74, 6) is 0. The van der Waals surface area contributed by atoms with Crippen molar-refractivity contribution in [3.05, 3.63) is 16.1 Å². The van der Waals surface area contributed by atoms with Crippen molar-refractivity contribution < 1.29 is 0 Å². The minimum Gasteiger partial charge on any atom is -0.330 e. The number of likely N-dealkylation sites (tertiary alicyclic amines) is 1. The van der Waals surface area contributed by atoms with E-state index in [0.29, 0.717) is 6.54 Å². The molecule has 4 nitrogen and oxygen atoms in total. The van der Waals surface area contributed by atoms with Crippen LogP contribution in [0.15, 0.2) is 5.38 Å². The van der Waals surface area contributed by atoms with Crippen molar-refractivity contribution in [3.8, 4) is 0 Å². The van der Waals surface area contributed by atoms with Crippen LogP contribution in [0.2, 0.25) is 0 Å². The van der Waals surface area contributed by atoms with E-state index in [1.807, 2.05) is 0 Å². The average Bonchev–Trinajstić information content (AvgIpc) is 3.02.